The van der Waals surface area contributed by atoms with Crippen molar-refractivity contribution in [3.8, 4) is 5.75 Å². The second-order valence-electron chi connectivity index (χ2n) is 7.87. The first-order valence-electron chi connectivity index (χ1n) is 10.4. The molecule has 1 aromatic carbocycles. The molecule has 2 aromatic heterocycles. The van der Waals surface area contributed by atoms with Crippen molar-refractivity contribution in [2.24, 2.45) is 4.99 Å². The van der Waals surface area contributed by atoms with Gasteiger partial charge in [-0.1, -0.05) is 13.0 Å². The fourth-order valence-electron chi connectivity index (χ4n) is 4.05. The summed E-state index contributed by atoms with van der Waals surface area (Å²) in [4.78, 5) is 16.0. The number of nitrogens with zero attached hydrogens (tertiary/aromatic N) is 7. The van der Waals surface area contributed by atoms with Crippen molar-refractivity contribution in [2.45, 2.75) is 52.9 Å². The van der Waals surface area contributed by atoms with Crippen LogP contribution in [0.4, 0.5) is 5.82 Å². The average molecular weight is 403 g/mol. The lowest BCUT2D eigenvalue weighted by molar-refractivity contribution is 0.242. The standard InChI is InChI=1S/C22H25N7O/c1-4-19-26-27-21-12-28(7-8-29(19)21)20-10-18(24-13-25-20)22-17-9-16(30-14(2)3)6-5-15(17)11-23-22/h5-6,9-10,13-14H,4,7-8,11-12H2,1-3H3. The third kappa shape index (κ3) is 3.32. The fourth-order valence-corrected chi connectivity index (χ4v) is 4.05. The van der Waals surface area contributed by atoms with Gasteiger partial charge in [-0.25, -0.2) is 9.97 Å². The summed E-state index contributed by atoms with van der Waals surface area (Å²) in [5, 5.41) is 8.66. The van der Waals surface area contributed by atoms with E-state index in [0.717, 1.165) is 59.7 Å². The minimum Gasteiger partial charge on any atom is -0.491 e. The summed E-state index contributed by atoms with van der Waals surface area (Å²) < 4.78 is 8.09. The number of aliphatic imine (C=N–C) groups is 1. The quantitative estimate of drug-likeness (QED) is 0.652. The average Bonchev–Trinajstić information content (AvgIpc) is 3.36. The van der Waals surface area contributed by atoms with Gasteiger partial charge in [0, 0.05) is 31.1 Å². The first-order chi connectivity index (χ1) is 14.6. The van der Waals surface area contributed by atoms with Crippen LogP contribution in [0.15, 0.2) is 35.6 Å². The van der Waals surface area contributed by atoms with Gasteiger partial charge in [0.1, 0.15) is 23.7 Å². The lowest BCUT2D eigenvalue weighted by atomic mass is 10.0. The SMILES string of the molecule is CCc1nnc2n1CCN(c1cc(C3=NCc4ccc(OC(C)C)cc43)ncn1)C2. The fraction of sp³-hybridized carbons (Fsp3) is 0.409. The van der Waals surface area contributed by atoms with Crippen LogP contribution in [-0.4, -0.2) is 43.1 Å². The van der Waals surface area contributed by atoms with Gasteiger partial charge in [-0.3, -0.25) is 4.99 Å². The van der Waals surface area contributed by atoms with Gasteiger partial charge >= 0.3 is 0 Å². The van der Waals surface area contributed by atoms with Crippen LogP contribution < -0.4 is 9.64 Å². The highest BCUT2D eigenvalue weighted by molar-refractivity contribution is 6.14. The van der Waals surface area contributed by atoms with E-state index in [1.165, 1.54) is 5.56 Å². The highest BCUT2D eigenvalue weighted by Gasteiger charge is 2.24. The van der Waals surface area contributed by atoms with E-state index in [-0.39, 0.29) is 6.10 Å². The molecule has 30 heavy (non-hydrogen) atoms. The van der Waals surface area contributed by atoms with E-state index in [4.69, 9.17) is 9.73 Å². The van der Waals surface area contributed by atoms with Crippen molar-refractivity contribution in [1.29, 1.82) is 0 Å². The Hall–Kier alpha value is -3.29. The highest BCUT2D eigenvalue weighted by atomic mass is 16.5. The molecule has 0 fully saturated rings. The molecule has 2 aliphatic rings. The Labute approximate surface area is 175 Å². The molecule has 0 amide bonds. The third-order valence-corrected chi connectivity index (χ3v) is 5.48. The van der Waals surface area contributed by atoms with Gasteiger partial charge in [-0.15, -0.1) is 10.2 Å². The van der Waals surface area contributed by atoms with Gasteiger partial charge in [0.2, 0.25) is 0 Å². The molecule has 5 rings (SSSR count). The van der Waals surface area contributed by atoms with Crippen molar-refractivity contribution in [3.05, 3.63) is 59.1 Å². The monoisotopic (exact) mass is 403 g/mol. The summed E-state index contributed by atoms with van der Waals surface area (Å²) in [6.45, 7) is 9.26. The summed E-state index contributed by atoms with van der Waals surface area (Å²) in [6, 6.07) is 8.20. The van der Waals surface area contributed by atoms with Gasteiger partial charge in [-0.2, -0.15) is 0 Å². The van der Waals surface area contributed by atoms with Crippen LogP contribution in [0.2, 0.25) is 0 Å². The molecule has 2 aliphatic heterocycles. The van der Waals surface area contributed by atoms with Gasteiger partial charge in [0.25, 0.3) is 0 Å². The molecule has 0 bridgehead atoms. The number of benzene rings is 1. The number of fused-ring (bicyclic) bond motifs is 2. The molecule has 3 aromatic rings. The first-order valence-corrected chi connectivity index (χ1v) is 10.4. The van der Waals surface area contributed by atoms with Crippen molar-refractivity contribution in [1.82, 2.24) is 24.7 Å². The molecule has 0 unspecified atom stereocenters. The van der Waals surface area contributed by atoms with E-state index in [9.17, 15) is 0 Å². The van der Waals surface area contributed by atoms with E-state index < -0.39 is 0 Å². The first kappa shape index (κ1) is 18.7. The summed E-state index contributed by atoms with van der Waals surface area (Å²) in [6.07, 6.45) is 2.65. The number of anilines is 1. The van der Waals surface area contributed by atoms with Crippen LogP contribution in [-0.2, 0) is 26.1 Å². The molecular weight excluding hydrogens is 378 g/mol. The lowest BCUT2D eigenvalue weighted by Gasteiger charge is -2.28. The Morgan fingerprint density at radius 3 is 2.83 bits per heavy atom. The number of hydrogen-bond donors (Lipinski definition) is 0. The molecule has 0 spiro atoms. The highest BCUT2D eigenvalue weighted by Crippen LogP contribution is 2.28. The van der Waals surface area contributed by atoms with Crippen LogP contribution in [0.1, 0.15) is 49.2 Å². The van der Waals surface area contributed by atoms with Crippen LogP contribution in [0.5, 0.6) is 5.75 Å². The lowest BCUT2D eigenvalue weighted by Crippen LogP contribution is -2.35. The number of hydrogen-bond acceptors (Lipinski definition) is 7. The number of rotatable bonds is 5. The van der Waals surface area contributed by atoms with E-state index in [2.05, 4.69) is 48.7 Å². The largest absolute Gasteiger partial charge is 0.491 e. The van der Waals surface area contributed by atoms with Gasteiger partial charge in [0.15, 0.2) is 5.82 Å². The smallest absolute Gasteiger partial charge is 0.152 e. The Kier molecular flexibility index (Phi) is 4.69. The van der Waals surface area contributed by atoms with Crippen LogP contribution in [0, 0.1) is 0 Å². The number of aromatic nitrogens is 5. The molecular formula is C22H25N7O. The molecule has 0 N–H and O–H groups in total. The summed E-state index contributed by atoms with van der Waals surface area (Å²) in [5.74, 6) is 3.77. The minimum absolute atomic E-state index is 0.130. The zero-order chi connectivity index (χ0) is 20.7. The van der Waals surface area contributed by atoms with E-state index >= 15 is 0 Å². The predicted molar refractivity (Wildman–Crippen MR) is 114 cm³/mol. The summed E-state index contributed by atoms with van der Waals surface area (Å²) in [5.41, 5.74) is 4.02. The molecule has 8 nitrogen and oxygen atoms in total. The summed E-state index contributed by atoms with van der Waals surface area (Å²) >= 11 is 0. The van der Waals surface area contributed by atoms with Crippen molar-refractivity contribution in [2.75, 3.05) is 11.4 Å². The minimum atomic E-state index is 0.130. The van der Waals surface area contributed by atoms with Crippen LogP contribution in [0.25, 0.3) is 0 Å². The van der Waals surface area contributed by atoms with Gasteiger partial charge < -0.3 is 14.2 Å². The maximum atomic E-state index is 5.88. The normalized spacial score (nSPS) is 15.2. The van der Waals surface area contributed by atoms with E-state index in [1.807, 2.05) is 26.0 Å². The Balaban J connectivity index is 1.42. The molecule has 0 atom stereocenters. The Bertz CT molecular complexity index is 1120. The third-order valence-electron chi connectivity index (χ3n) is 5.48. The molecule has 4 heterocycles. The van der Waals surface area contributed by atoms with Gasteiger partial charge in [0.05, 0.1) is 30.6 Å². The van der Waals surface area contributed by atoms with Crippen molar-refractivity contribution >= 4 is 11.5 Å². The molecule has 8 heteroatoms. The number of aryl methyl sites for hydroxylation is 1. The number of ether oxygens (including phenoxy) is 1. The molecule has 0 aliphatic carbocycles. The second kappa shape index (κ2) is 7.51. The van der Waals surface area contributed by atoms with Crippen molar-refractivity contribution < 1.29 is 4.74 Å². The zero-order valence-corrected chi connectivity index (χ0v) is 17.5. The van der Waals surface area contributed by atoms with Crippen molar-refractivity contribution in [3.63, 3.8) is 0 Å². The van der Waals surface area contributed by atoms with Gasteiger partial charge in [-0.05, 0) is 31.5 Å². The zero-order valence-electron chi connectivity index (χ0n) is 17.5. The van der Waals surface area contributed by atoms with E-state index in [0.29, 0.717) is 13.1 Å². The maximum absolute atomic E-state index is 5.88. The second-order valence-corrected chi connectivity index (χ2v) is 7.87. The topological polar surface area (TPSA) is 81.3 Å². The Morgan fingerprint density at radius 2 is 2.00 bits per heavy atom. The van der Waals surface area contributed by atoms with Crippen LogP contribution >= 0.6 is 0 Å². The Morgan fingerprint density at radius 1 is 1.10 bits per heavy atom. The molecule has 0 saturated carbocycles. The molecule has 0 radical (unpaired) electrons. The molecule has 154 valence electrons. The molecule has 0 saturated heterocycles. The van der Waals surface area contributed by atoms with Crippen LogP contribution in [0.3, 0.4) is 0 Å². The van der Waals surface area contributed by atoms with E-state index in [1.54, 1.807) is 6.33 Å². The predicted octanol–water partition coefficient (Wildman–Crippen LogP) is 2.79. The maximum Gasteiger partial charge on any atom is 0.152 e. The summed E-state index contributed by atoms with van der Waals surface area (Å²) in [7, 11) is 0.